The number of aryl methyl sites for hydroxylation is 2. The van der Waals surface area contributed by atoms with E-state index in [2.05, 4.69) is 15.0 Å². The number of rotatable bonds is 4. The summed E-state index contributed by atoms with van der Waals surface area (Å²) in [7, 11) is 0. The molecule has 0 aliphatic carbocycles. The van der Waals surface area contributed by atoms with Gasteiger partial charge in [-0.3, -0.25) is 4.79 Å². The van der Waals surface area contributed by atoms with Crippen LogP contribution in [-0.4, -0.2) is 47.1 Å². The molecule has 2 aromatic heterocycles. The van der Waals surface area contributed by atoms with Crippen LogP contribution in [0.3, 0.4) is 0 Å². The minimum absolute atomic E-state index is 0.214. The topological polar surface area (TPSA) is 62.5 Å². The Bertz CT molecular complexity index is 634. The van der Waals surface area contributed by atoms with Crippen molar-refractivity contribution in [3.8, 4) is 0 Å². The molecule has 0 atom stereocenters. The van der Waals surface area contributed by atoms with Crippen molar-refractivity contribution in [2.45, 2.75) is 33.1 Å². The highest BCUT2D eigenvalue weighted by Gasteiger charge is 2.21. The molecule has 0 aromatic carbocycles. The van der Waals surface area contributed by atoms with Gasteiger partial charge in [-0.15, -0.1) is 11.3 Å². The van der Waals surface area contributed by atoms with Gasteiger partial charge in [0, 0.05) is 49.7 Å². The minimum atomic E-state index is 0.214. The molecule has 0 saturated carbocycles. The van der Waals surface area contributed by atoms with E-state index < -0.39 is 0 Å². The van der Waals surface area contributed by atoms with Crippen LogP contribution in [0.25, 0.3) is 0 Å². The average Bonchev–Trinajstić information content (AvgIpc) is 3.10. The van der Waals surface area contributed by atoms with Gasteiger partial charge in [-0.1, -0.05) is 5.16 Å². The smallest absolute Gasteiger partial charge is 0.222 e. The van der Waals surface area contributed by atoms with E-state index in [1.807, 2.05) is 30.3 Å². The maximum Gasteiger partial charge on any atom is 0.222 e. The van der Waals surface area contributed by atoms with Gasteiger partial charge in [-0.2, -0.15) is 0 Å². The summed E-state index contributed by atoms with van der Waals surface area (Å²) in [4.78, 5) is 21.1. The van der Waals surface area contributed by atoms with Crippen LogP contribution in [0.5, 0.6) is 0 Å². The Morgan fingerprint density at radius 1 is 1.30 bits per heavy atom. The number of nitrogens with zero attached hydrogens (tertiary/aromatic N) is 4. The number of hydrogen-bond acceptors (Lipinski definition) is 6. The summed E-state index contributed by atoms with van der Waals surface area (Å²) in [6.07, 6.45) is 4.03. The van der Waals surface area contributed by atoms with E-state index in [1.54, 1.807) is 11.3 Å². The van der Waals surface area contributed by atoms with Crippen molar-refractivity contribution < 1.29 is 9.32 Å². The SMILES string of the molecule is Cc1noc(C)c1CCC(=O)N1CCCN(c2nccs2)CC1. The van der Waals surface area contributed by atoms with E-state index in [1.165, 1.54) is 0 Å². The van der Waals surface area contributed by atoms with E-state index in [9.17, 15) is 4.79 Å². The van der Waals surface area contributed by atoms with Crippen molar-refractivity contribution in [1.29, 1.82) is 0 Å². The monoisotopic (exact) mass is 334 g/mol. The van der Waals surface area contributed by atoms with Crippen LogP contribution in [0.4, 0.5) is 5.13 Å². The lowest BCUT2D eigenvalue weighted by Gasteiger charge is -2.21. The van der Waals surface area contributed by atoms with Gasteiger partial charge >= 0.3 is 0 Å². The molecule has 124 valence electrons. The fraction of sp³-hybridized carbons (Fsp3) is 0.562. The summed E-state index contributed by atoms with van der Waals surface area (Å²) in [5, 5.41) is 6.99. The van der Waals surface area contributed by atoms with E-state index in [4.69, 9.17) is 4.52 Å². The van der Waals surface area contributed by atoms with E-state index in [-0.39, 0.29) is 5.91 Å². The third-order valence-electron chi connectivity index (χ3n) is 4.31. The Kier molecular flexibility index (Phi) is 4.95. The zero-order valence-corrected chi connectivity index (χ0v) is 14.4. The highest BCUT2D eigenvalue weighted by atomic mass is 32.1. The van der Waals surface area contributed by atoms with Crippen LogP contribution < -0.4 is 4.90 Å². The first-order valence-corrected chi connectivity index (χ1v) is 8.87. The van der Waals surface area contributed by atoms with Crippen LogP contribution in [0, 0.1) is 13.8 Å². The predicted molar refractivity (Wildman–Crippen MR) is 89.8 cm³/mol. The number of amides is 1. The van der Waals surface area contributed by atoms with Crippen molar-refractivity contribution >= 4 is 22.4 Å². The molecule has 3 rings (SSSR count). The van der Waals surface area contributed by atoms with Gasteiger partial charge in [0.05, 0.1) is 5.69 Å². The number of thiazole rings is 1. The molecule has 0 spiro atoms. The lowest BCUT2D eigenvalue weighted by molar-refractivity contribution is -0.130. The van der Waals surface area contributed by atoms with E-state index in [0.717, 1.165) is 54.7 Å². The Morgan fingerprint density at radius 2 is 2.17 bits per heavy atom. The second-order valence-electron chi connectivity index (χ2n) is 5.84. The number of carbonyl (C=O) groups is 1. The standard InChI is InChI=1S/C16H22N4O2S/c1-12-14(13(2)22-18-12)4-5-15(21)19-7-3-8-20(10-9-19)16-17-6-11-23-16/h6,11H,3-5,7-10H2,1-2H3. The average molecular weight is 334 g/mol. The van der Waals surface area contributed by atoms with E-state index >= 15 is 0 Å². The third kappa shape index (κ3) is 3.72. The molecule has 0 unspecified atom stereocenters. The van der Waals surface area contributed by atoms with Crippen LogP contribution in [0.2, 0.25) is 0 Å². The fourth-order valence-electron chi connectivity index (χ4n) is 2.98. The first-order valence-electron chi connectivity index (χ1n) is 7.99. The Morgan fingerprint density at radius 3 is 2.87 bits per heavy atom. The van der Waals surface area contributed by atoms with Gasteiger partial charge in [-0.25, -0.2) is 4.98 Å². The summed E-state index contributed by atoms with van der Waals surface area (Å²) in [5.74, 6) is 1.03. The van der Waals surface area contributed by atoms with Crippen LogP contribution >= 0.6 is 11.3 Å². The molecule has 7 heteroatoms. The number of hydrogen-bond donors (Lipinski definition) is 0. The van der Waals surface area contributed by atoms with Gasteiger partial charge in [0.25, 0.3) is 0 Å². The normalized spacial score (nSPS) is 15.7. The van der Waals surface area contributed by atoms with Crippen LogP contribution in [-0.2, 0) is 11.2 Å². The first kappa shape index (κ1) is 16.0. The van der Waals surface area contributed by atoms with Gasteiger partial charge in [0.1, 0.15) is 5.76 Å². The van der Waals surface area contributed by atoms with Gasteiger partial charge in [-0.05, 0) is 26.7 Å². The summed E-state index contributed by atoms with van der Waals surface area (Å²) >= 11 is 1.65. The van der Waals surface area contributed by atoms with Crippen LogP contribution in [0.15, 0.2) is 16.1 Å². The molecule has 2 aromatic rings. The first-order chi connectivity index (χ1) is 11.1. The predicted octanol–water partition coefficient (Wildman–Crippen LogP) is 2.42. The maximum atomic E-state index is 12.5. The largest absolute Gasteiger partial charge is 0.361 e. The highest BCUT2D eigenvalue weighted by molar-refractivity contribution is 7.13. The maximum absolute atomic E-state index is 12.5. The Hall–Kier alpha value is -1.89. The Labute approximate surface area is 140 Å². The number of aromatic nitrogens is 2. The lowest BCUT2D eigenvalue weighted by atomic mass is 10.1. The molecule has 1 aliphatic rings. The molecule has 6 nitrogen and oxygen atoms in total. The molecule has 23 heavy (non-hydrogen) atoms. The molecular formula is C16H22N4O2S. The second-order valence-corrected chi connectivity index (χ2v) is 6.71. The molecule has 1 aliphatic heterocycles. The summed E-state index contributed by atoms with van der Waals surface area (Å²) < 4.78 is 5.16. The molecule has 1 amide bonds. The summed E-state index contributed by atoms with van der Waals surface area (Å²) in [6, 6.07) is 0. The molecule has 0 N–H and O–H groups in total. The van der Waals surface area contributed by atoms with Gasteiger partial charge < -0.3 is 14.3 Å². The van der Waals surface area contributed by atoms with Crippen LogP contribution in [0.1, 0.15) is 29.9 Å². The molecule has 0 bridgehead atoms. The zero-order valence-electron chi connectivity index (χ0n) is 13.6. The molecule has 0 radical (unpaired) electrons. The van der Waals surface area contributed by atoms with Crippen molar-refractivity contribution in [3.05, 3.63) is 28.6 Å². The summed E-state index contributed by atoms with van der Waals surface area (Å²) in [6.45, 7) is 7.22. The summed E-state index contributed by atoms with van der Waals surface area (Å²) in [5.41, 5.74) is 1.96. The van der Waals surface area contributed by atoms with E-state index in [0.29, 0.717) is 12.8 Å². The molecular weight excluding hydrogens is 312 g/mol. The highest BCUT2D eigenvalue weighted by Crippen LogP contribution is 2.20. The number of anilines is 1. The van der Waals surface area contributed by atoms with Gasteiger partial charge in [0.15, 0.2) is 5.13 Å². The van der Waals surface area contributed by atoms with Crippen molar-refractivity contribution in [1.82, 2.24) is 15.0 Å². The van der Waals surface area contributed by atoms with Crippen molar-refractivity contribution in [2.24, 2.45) is 0 Å². The lowest BCUT2D eigenvalue weighted by Crippen LogP contribution is -2.35. The Balaban J connectivity index is 1.54. The fourth-order valence-corrected chi connectivity index (χ4v) is 3.68. The molecule has 1 saturated heterocycles. The molecule has 1 fully saturated rings. The van der Waals surface area contributed by atoms with Crippen molar-refractivity contribution in [3.63, 3.8) is 0 Å². The quantitative estimate of drug-likeness (QED) is 0.859. The third-order valence-corrected chi connectivity index (χ3v) is 5.14. The van der Waals surface area contributed by atoms with Gasteiger partial charge in [0.2, 0.25) is 5.91 Å². The van der Waals surface area contributed by atoms with Crippen molar-refractivity contribution in [2.75, 3.05) is 31.1 Å². The minimum Gasteiger partial charge on any atom is -0.361 e. The zero-order chi connectivity index (χ0) is 16.2. The second kappa shape index (κ2) is 7.12. The number of carbonyl (C=O) groups excluding carboxylic acids is 1. The molecule has 3 heterocycles.